The lowest BCUT2D eigenvalue weighted by Gasteiger charge is -2.30. The average molecular weight is 451 g/mol. The number of fused-ring (bicyclic) bond motifs is 2. The predicted octanol–water partition coefficient (Wildman–Crippen LogP) is 3.12. The Labute approximate surface area is 194 Å². The van der Waals surface area contributed by atoms with Crippen LogP contribution in [0, 0.1) is 5.92 Å². The summed E-state index contributed by atoms with van der Waals surface area (Å²) in [4.78, 5) is 16.7. The highest BCUT2D eigenvalue weighted by molar-refractivity contribution is 5.84. The summed E-state index contributed by atoms with van der Waals surface area (Å²) >= 11 is 0. The molecule has 8 nitrogen and oxygen atoms in total. The maximum Gasteiger partial charge on any atom is 0.225 e. The van der Waals surface area contributed by atoms with E-state index in [1.807, 2.05) is 18.7 Å². The van der Waals surface area contributed by atoms with Gasteiger partial charge in [-0.2, -0.15) is 0 Å². The third kappa shape index (κ3) is 3.95. The minimum atomic E-state index is -0.385. The highest BCUT2D eigenvalue weighted by Crippen LogP contribution is 2.35. The molecule has 1 amide bonds. The van der Waals surface area contributed by atoms with Crippen molar-refractivity contribution in [3.05, 3.63) is 47.7 Å². The summed E-state index contributed by atoms with van der Waals surface area (Å²) in [6.07, 6.45) is 2.52. The Bertz CT molecular complexity index is 1160. The molecule has 0 bridgehead atoms. The number of β-amino-alcohol motifs (C(OH)–C–C–N with tert-alkyl or cyclic N) is 1. The lowest BCUT2D eigenvalue weighted by molar-refractivity contribution is -0.136. The molecule has 1 saturated heterocycles. The number of nitrogens with zero attached hydrogens (tertiary/aromatic N) is 6. The zero-order valence-corrected chi connectivity index (χ0v) is 20.0. The van der Waals surface area contributed by atoms with Crippen LogP contribution in [-0.2, 0) is 24.4 Å². The maximum atomic E-state index is 12.5. The molecule has 1 N–H and O–H groups in total. The minimum absolute atomic E-state index is 0.00904. The van der Waals surface area contributed by atoms with E-state index >= 15 is 0 Å². The van der Waals surface area contributed by atoms with E-state index in [-0.39, 0.29) is 24.0 Å². The maximum absolute atomic E-state index is 12.5. The largest absolute Gasteiger partial charge is 0.392 e. The lowest BCUT2D eigenvalue weighted by Crippen LogP contribution is -2.41. The summed E-state index contributed by atoms with van der Waals surface area (Å²) in [6.45, 7) is 11.5. The number of aliphatic hydroxyl groups excluding tert-OH is 1. The van der Waals surface area contributed by atoms with Gasteiger partial charge in [-0.05, 0) is 31.9 Å². The van der Waals surface area contributed by atoms with E-state index in [0.717, 1.165) is 18.2 Å². The Kier molecular flexibility index (Phi) is 5.74. The van der Waals surface area contributed by atoms with Gasteiger partial charge in [0, 0.05) is 55.2 Å². The third-order valence-corrected chi connectivity index (χ3v) is 7.02. The number of para-hydroxylation sites is 1. The summed E-state index contributed by atoms with van der Waals surface area (Å²) in [7, 11) is 0. The quantitative estimate of drug-likeness (QED) is 0.646. The number of hydrogen-bond donors (Lipinski definition) is 1. The predicted molar refractivity (Wildman–Crippen MR) is 126 cm³/mol. The van der Waals surface area contributed by atoms with Crippen molar-refractivity contribution < 1.29 is 9.90 Å². The number of rotatable bonds is 5. The molecule has 0 saturated carbocycles. The Hall–Kier alpha value is -2.71. The van der Waals surface area contributed by atoms with Gasteiger partial charge in [-0.15, -0.1) is 10.2 Å². The van der Waals surface area contributed by atoms with E-state index in [2.05, 4.69) is 68.5 Å². The summed E-state index contributed by atoms with van der Waals surface area (Å²) in [5.74, 6) is 1.88. The first-order chi connectivity index (χ1) is 15.8. The van der Waals surface area contributed by atoms with Crippen LogP contribution in [0.1, 0.15) is 63.4 Å². The Morgan fingerprint density at radius 3 is 2.70 bits per heavy atom. The van der Waals surface area contributed by atoms with E-state index in [0.29, 0.717) is 38.6 Å². The zero-order valence-electron chi connectivity index (χ0n) is 20.0. The smallest absolute Gasteiger partial charge is 0.225 e. The highest BCUT2D eigenvalue weighted by atomic mass is 16.3. The molecule has 0 radical (unpaired) electrons. The van der Waals surface area contributed by atoms with E-state index in [4.69, 9.17) is 0 Å². The van der Waals surface area contributed by atoms with Gasteiger partial charge in [0.2, 0.25) is 5.91 Å². The molecule has 0 unspecified atom stereocenters. The molecule has 0 aliphatic carbocycles. The summed E-state index contributed by atoms with van der Waals surface area (Å²) in [5.41, 5.74) is 2.51. The highest BCUT2D eigenvalue weighted by Gasteiger charge is 2.37. The molecule has 0 spiro atoms. The molecule has 2 aliphatic heterocycles. The third-order valence-electron chi connectivity index (χ3n) is 7.02. The minimum Gasteiger partial charge on any atom is -0.392 e. The molecule has 8 heteroatoms. The summed E-state index contributed by atoms with van der Waals surface area (Å²) in [6, 6.07) is 8.92. The summed E-state index contributed by atoms with van der Waals surface area (Å²) in [5, 5.41) is 20.8. The average Bonchev–Trinajstić information content (AvgIpc) is 3.48. The molecule has 2 atom stereocenters. The van der Waals surface area contributed by atoms with Gasteiger partial charge in [0.05, 0.1) is 18.7 Å². The molecule has 176 valence electrons. The topological polar surface area (TPSA) is 79.4 Å². The monoisotopic (exact) mass is 450 g/mol. The van der Waals surface area contributed by atoms with Crippen molar-refractivity contribution in [2.75, 3.05) is 13.1 Å². The van der Waals surface area contributed by atoms with Crippen molar-refractivity contribution in [2.45, 2.75) is 71.9 Å². The molecule has 1 fully saturated rings. The fourth-order valence-electron chi connectivity index (χ4n) is 5.35. The van der Waals surface area contributed by atoms with Crippen LogP contribution in [0.5, 0.6) is 0 Å². The first-order valence-corrected chi connectivity index (χ1v) is 12.0. The Morgan fingerprint density at radius 1 is 1.15 bits per heavy atom. The van der Waals surface area contributed by atoms with Crippen molar-refractivity contribution in [1.82, 2.24) is 29.1 Å². The first kappa shape index (κ1) is 22.1. The van der Waals surface area contributed by atoms with Gasteiger partial charge in [-0.3, -0.25) is 9.69 Å². The lowest BCUT2D eigenvalue weighted by atomic mass is 10.1. The second kappa shape index (κ2) is 8.57. The van der Waals surface area contributed by atoms with Crippen LogP contribution in [0.2, 0.25) is 0 Å². The van der Waals surface area contributed by atoms with Gasteiger partial charge in [0.1, 0.15) is 0 Å². The zero-order chi connectivity index (χ0) is 23.3. The fourth-order valence-corrected chi connectivity index (χ4v) is 5.35. The van der Waals surface area contributed by atoms with Crippen molar-refractivity contribution in [3.63, 3.8) is 0 Å². The van der Waals surface area contributed by atoms with Crippen LogP contribution in [0.4, 0.5) is 0 Å². The fraction of sp³-hybridized carbons (Fsp3) is 0.560. The van der Waals surface area contributed by atoms with Gasteiger partial charge in [-0.1, -0.05) is 32.0 Å². The number of hydrogen-bond acceptors (Lipinski definition) is 5. The van der Waals surface area contributed by atoms with E-state index in [1.165, 1.54) is 16.5 Å². The van der Waals surface area contributed by atoms with Gasteiger partial charge in [0.15, 0.2) is 11.6 Å². The van der Waals surface area contributed by atoms with Crippen LogP contribution < -0.4 is 0 Å². The Morgan fingerprint density at radius 2 is 1.94 bits per heavy atom. The SMILES string of the molecule is CC(C)C(=O)N1CCn2c(nnc2[C@@H]2C[C@H](O)CN2Cc2cn(C(C)C)c3ccccc23)C1. The van der Waals surface area contributed by atoms with Crippen molar-refractivity contribution >= 4 is 16.8 Å². The second-order valence-electron chi connectivity index (χ2n) is 10.0. The number of amides is 1. The van der Waals surface area contributed by atoms with Gasteiger partial charge in [-0.25, -0.2) is 0 Å². The van der Waals surface area contributed by atoms with E-state index in [1.54, 1.807) is 0 Å². The number of carbonyl (C=O) groups is 1. The molecular formula is C25H34N6O2. The second-order valence-corrected chi connectivity index (χ2v) is 10.0. The molecule has 3 aromatic rings. The molecule has 2 aromatic heterocycles. The number of aliphatic hydroxyl groups is 1. The number of likely N-dealkylation sites (tertiary alicyclic amines) is 1. The van der Waals surface area contributed by atoms with E-state index < -0.39 is 0 Å². The molecule has 4 heterocycles. The molecular weight excluding hydrogens is 416 g/mol. The van der Waals surface area contributed by atoms with Crippen molar-refractivity contribution in [2.24, 2.45) is 5.92 Å². The van der Waals surface area contributed by atoms with Gasteiger partial charge < -0.3 is 19.1 Å². The summed E-state index contributed by atoms with van der Waals surface area (Å²) < 4.78 is 4.49. The van der Waals surface area contributed by atoms with Crippen LogP contribution in [0.3, 0.4) is 0 Å². The van der Waals surface area contributed by atoms with Gasteiger partial charge >= 0.3 is 0 Å². The normalized spacial score (nSPS) is 21.5. The molecule has 33 heavy (non-hydrogen) atoms. The van der Waals surface area contributed by atoms with Crippen LogP contribution in [-0.4, -0.2) is 59.3 Å². The van der Waals surface area contributed by atoms with Crippen LogP contribution in [0.25, 0.3) is 10.9 Å². The number of aromatic nitrogens is 4. The first-order valence-electron chi connectivity index (χ1n) is 12.0. The molecule has 1 aromatic carbocycles. The number of carbonyl (C=O) groups excluding carboxylic acids is 1. The van der Waals surface area contributed by atoms with Crippen molar-refractivity contribution in [1.29, 1.82) is 0 Å². The molecule has 5 rings (SSSR count). The van der Waals surface area contributed by atoms with E-state index in [9.17, 15) is 9.90 Å². The Balaban J connectivity index is 1.42. The van der Waals surface area contributed by atoms with Crippen LogP contribution >= 0.6 is 0 Å². The van der Waals surface area contributed by atoms with Gasteiger partial charge in [0.25, 0.3) is 0 Å². The van der Waals surface area contributed by atoms with Crippen molar-refractivity contribution in [3.8, 4) is 0 Å². The van der Waals surface area contributed by atoms with Crippen LogP contribution in [0.15, 0.2) is 30.5 Å². The molecule has 2 aliphatic rings. The standard InChI is InChI=1S/C25H34N6O2/c1-16(2)25(33)28-9-10-30-23(15-28)26-27-24(30)22-11-19(32)14-29(22)12-18-13-31(17(3)4)21-8-6-5-7-20(18)21/h5-8,13,16-17,19,22,32H,9-12,14-15H2,1-4H3/t19-,22-/m0/s1. The number of benzene rings is 1.